The molecule has 11 aromatic rings. The number of benzene rings is 10. The van der Waals surface area contributed by atoms with Crippen molar-refractivity contribution in [3.63, 3.8) is 0 Å². The van der Waals surface area contributed by atoms with Crippen molar-refractivity contribution in [2.75, 3.05) is 4.90 Å². The first kappa shape index (κ1) is 34.1. The second-order valence-electron chi connectivity index (χ2n) is 16.6. The Bertz CT molecular complexity index is 3240. The van der Waals surface area contributed by atoms with E-state index in [-0.39, 0.29) is 5.41 Å². The molecular formula is C56H42N2. The Morgan fingerprint density at radius 2 is 0.879 bits per heavy atom. The lowest BCUT2D eigenvalue weighted by atomic mass is 9.87. The van der Waals surface area contributed by atoms with Gasteiger partial charge in [-0.2, -0.15) is 0 Å². The Morgan fingerprint density at radius 1 is 0.379 bits per heavy atom. The number of hydrogen-bond acceptors (Lipinski definition) is 1. The van der Waals surface area contributed by atoms with E-state index in [1.165, 1.54) is 87.6 Å². The van der Waals surface area contributed by atoms with E-state index in [0.717, 1.165) is 17.1 Å². The van der Waals surface area contributed by atoms with Gasteiger partial charge in [-0.3, -0.25) is 0 Å². The molecule has 0 saturated heterocycles. The Morgan fingerprint density at radius 3 is 1.52 bits per heavy atom. The third kappa shape index (κ3) is 5.48. The summed E-state index contributed by atoms with van der Waals surface area (Å²) in [5.74, 6) is 0. The average Bonchev–Trinajstić information content (AvgIpc) is 3.60. The summed E-state index contributed by atoms with van der Waals surface area (Å²) in [5.41, 5.74) is 13.3. The van der Waals surface area contributed by atoms with E-state index in [2.05, 4.69) is 230 Å². The van der Waals surface area contributed by atoms with Gasteiger partial charge in [-0.15, -0.1) is 0 Å². The molecule has 0 N–H and O–H groups in total. The smallest absolute Gasteiger partial charge is 0.0541 e. The van der Waals surface area contributed by atoms with E-state index in [1.807, 2.05) is 0 Å². The van der Waals surface area contributed by atoms with Gasteiger partial charge < -0.3 is 9.47 Å². The molecule has 0 bridgehead atoms. The van der Waals surface area contributed by atoms with Gasteiger partial charge in [0.25, 0.3) is 0 Å². The largest absolute Gasteiger partial charge is 0.310 e. The minimum atomic E-state index is 0.0559. The number of para-hydroxylation sites is 2. The van der Waals surface area contributed by atoms with Gasteiger partial charge in [-0.25, -0.2) is 0 Å². The van der Waals surface area contributed by atoms with E-state index in [9.17, 15) is 0 Å². The van der Waals surface area contributed by atoms with E-state index in [4.69, 9.17) is 0 Å². The Labute approximate surface area is 339 Å². The molecule has 1 heterocycles. The molecule has 0 aliphatic rings. The number of hydrogen-bond donors (Lipinski definition) is 0. The Balaban J connectivity index is 1.10. The van der Waals surface area contributed by atoms with Gasteiger partial charge in [-0.1, -0.05) is 166 Å². The fourth-order valence-corrected chi connectivity index (χ4v) is 9.19. The van der Waals surface area contributed by atoms with Gasteiger partial charge in [0.15, 0.2) is 0 Å². The molecule has 0 radical (unpaired) electrons. The molecule has 0 aliphatic carbocycles. The second-order valence-corrected chi connectivity index (χ2v) is 16.6. The highest BCUT2D eigenvalue weighted by Gasteiger charge is 2.22. The van der Waals surface area contributed by atoms with Gasteiger partial charge in [0, 0.05) is 32.9 Å². The number of aromatic nitrogens is 1. The van der Waals surface area contributed by atoms with Gasteiger partial charge in [0.2, 0.25) is 0 Å². The summed E-state index contributed by atoms with van der Waals surface area (Å²) in [5, 5.41) is 10.1. The fourth-order valence-electron chi connectivity index (χ4n) is 9.19. The summed E-state index contributed by atoms with van der Waals surface area (Å²) in [4.78, 5) is 2.44. The summed E-state index contributed by atoms with van der Waals surface area (Å²) in [6.07, 6.45) is 0. The molecule has 0 unspecified atom stereocenters. The molecule has 2 heteroatoms. The normalized spacial score (nSPS) is 12.1. The number of rotatable bonds is 6. The fraction of sp³-hybridized carbons (Fsp3) is 0.0714. The van der Waals surface area contributed by atoms with Crippen LogP contribution in [0.15, 0.2) is 200 Å². The molecule has 58 heavy (non-hydrogen) atoms. The highest BCUT2D eigenvalue weighted by atomic mass is 15.1. The van der Waals surface area contributed by atoms with Crippen molar-refractivity contribution in [1.82, 2.24) is 4.57 Å². The van der Waals surface area contributed by atoms with E-state index in [1.54, 1.807) is 0 Å². The zero-order valence-electron chi connectivity index (χ0n) is 32.9. The van der Waals surface area contributed by atoms with Crippen molar-refractivity contribution in [3.05, 3.63) is 206 Å². The summed E-state index contributed by atoms with van der Waals surface area (Å²) in [6.45, 7) is 6.83. The number of anilines is 3. The van der Waals surface area contributed by atoms with Crippen molar-refractivity contribution < 1.29 is 0 Å². The van der Waals surface area contributed by atoms with Crippen LogP contribution in [-0.2, 0) is 5.41 Å². The predicted molar refractivity (Wildman–Crippen MR) is 249 cm³/mol. The standard InChI is InChI=1S/C56H42N2/c1-56(2,3)43-26-30-45(31-27-43)57(44-28-20-38(21-29-44)42-15-11-14-41(36-42)37-12-5-4-6-13-37)52-34-24-39-23-33-49-53(35-25-40-22-32-48(52)54(39)55(40)49)58-50-18-9-7-16-46(50)47-17-8-10-19-51(47)58/h4-36H,1-3H3. The maximum Gasteiger partial charge on any atom is 0.0541 e. The third-order valence-corrected chi connectivity index (χ3v) is 12.1. The first-order valence-electron chi connectivity index (χ1n) is 20.3. The molecule has 0 amide bonds. The van der Waals surface area contributed by atoms with Crippen LogP contribution in [0.25, 0.3) is 82.1 Å². The van der Waals surface area contributed by atoms with E-state index >= 15 is 0 Å². The Kier molecular flexibility index (Phi) is 7.78. The molecule has 0 atom stereocenters. The third-order valence-electron chi connectivity index (χ3n) is 12.1. The lowest BCUT2D eigenvalue weighted by Crippen LogP contribution is -2.13. The number of fused-ring (bicyclic) bond motifs is 3. The molecule has 1 aromatic heterocycles. The Hall–Kier alpha value is -7.16. The minimum Gasteiger partial charge on any atom is -0.310 e. The van der Waals surface area contributed by atoms with E-state index in [0.29, 0.717) is 0 Å². The zero-order valence-corrected chi connectivity index (χ0v) is 32.9. The van der Waals surface area contributed by atoms with Gasteiger partial charge in [-0.05, 0) is 109 Å². The van der Waals surface area contributed by atoms with Crippen molar-refractivity contribution in [2.45, 2.75) is 26.2 Å². The van der Waals surface area contributed by atoms with Crippen LogP contribution in [0.4, 0.5) is 17.1 Å². The topological polar surface area (TPSA) is 8.17 Å². The molecule has 276 valence electrons. The van der Waals surface area contributed by atoms with Crippen LogP contribution >= 0.6 is 0 Å². The zero-order chi connectivity index (χ0) is 39.0. The molecule has 0 fully saturated rings. The maximum absolute atomic E-state index is 2.46. The lowest BCUT2D eigenvalue weighted by molar-refractivity contribution is 0.590. The van der Waals surface area contributed by atoms with Crippen LogP contribution in [0.2, 0.25) is 0 Å². The highest BCUT2D eigenvalue weighted by Crippen LogP contribution is 2.46. The average molecular weight is 743 g/mol. The summed E-state index contributed by atoms with van der Waals surface area (Å²) < 4.78 is 2.46. The van der Waals surface area contributed by atoms with Crippen LogP contribution in [-0.4, -0.2) is 4.57 Å². The molecule has 2 nitrogen and oxygen atoms in total. The molecule has 0 spiro atoms. The molecule has 10 aromatic carbocycles. The molecule has 0 aliphatic heterocycles. The van der Waals surface area contributed by atoms with Crippen molar-refractivity contribution in [3.8, 4) is 27.9 Å². The summed E-state index contributed by atoms with van der Waals surface area (Å²) in [7, 11) is 0. The van der Waals surface area contributed by atoms with Gasteiger partial charge in [0.1, 0.15) is 0 Å². The first-order valence-corrected chi connectivity index (χ1v) is 20.3. The van der Waals surface area contributed by atoms with Crippen molar-refractivity contribution in [2.24, 2.45) is 0 Å². The van der Waals surface area contributed by atoms with E-state index < -0.39 is 0 Å². The minimum absolute atomic E-state index is 0.0559. The van der Waals surface area contributed by atoms with Crippen LogP contribution in [0.3, 0.4) is 0 Å². The van der Waals surface area contributed by atoms with Crippen LogP contribution < -0.4 is 4.90 Å². The highest BCUT2D eigenvalue weighted by molar-refractivity contribution is 6.27. The van der Waals surface area contributed by atoms with Crippen LogP contribution in [0, 0.1) is 0 Å². The first-order chi connectivity index (χ1) is 28.4. The SMILES string of the molecule is CC(C)(C)c1ccc(N(c2ccc(-c3cccc(-c4ccccc4)c3)cc2)c2ccc3ccc4c(-n5c6ccccc6c6ccccc65)ccc5ccc2c3c54)cc1. The maximum atomic E-state index is 2.46. The van der Waals surface area contributed by atoms with Gasteiger partial charge >= 0.3 is 0 Å². The van der Waals surface area contributed by atoms with Crippen LogP contribution in [0.5, 0.6) is 0 Å². The number of nitrogens with zero attached hydrogens (tertiary/aromatic N) is 2. The monoisotopic (exact) mass is 742 g/mol. The summed E-state index contributed by atoms with van der Waals surface area (Å²) in [6, 6.07) is 73.8. The van der Waals surface area contributed by atoms with Gasteiger partial charge in [0.05, 0.1) is 22.4 Å². The molecule has 0 saturated carbocycles. The predicted octanol–water partition coefficient (Wildman–Crippen LogP) is 15.8. The molecule has 11 rings (SSSR count). The molecular weight excluding hydrogens is 701 g/mol. The van der Waals surface area contributed by atoms with Crippen LogP contribution in [0.1, 0.15) is 26.3 Å². The van der Waals surface area contributed by atoms with Crippen molar-refractivity contribution >= 4 is 71.2 Å². The lowest BCUT2D eigenvalue weighted by Gasteiger charge is -2.29. The summed E-state index contributed by atoms with van der Waals surface area (Å²) >= 11 is 0. The quantitative estimate of drug-likeness (QED) is 0.154. The van der Waals surface area contributed by atoms with Crippen molar-refractivity contribution in [1.29, 1.82) is 0 Å². The second kappa shape index (κ2) is 13.2.